The monoisotopic (exact) mass is 411 g/mol. The number of aliphatic hydroxyl groups is 1. The number of nitrogens with one attached hydrogen (secondary N) is 1. The number of hydrogen-bond donors (Lipinski definition) is 2. The van der Waals surface area contributed by atoms with Gasteiger partial charge < -0.3 is 15.2 Å². The van der Waals surface area contributed by atoms with E-state index in [0.29, 0.717) is 11.8 Å². The van der Waals surface area contributed by atoms with Crippen molar-refractivity contribution in [2.45, 2.75) is 32.0 Å². The van der Waals surface area contributed by atoms with Gasteiger partial charge in [-0.2, -0.15) is 4.98 Å². The number of amides is 1. The molecule has 1 aromatic carbocycles. The first-order valence-electron chi connectivity index (χ1n) is 9.27. The second-order valence-corrected chi connectivity index (χ2v) is 7.86. The third kappa shape index (κ3) is 4.06. The van der Waals surface area contributed by atoms with Gasteiger partial charge in [0, 0.05) is 22.8 Å². The lowest BCUT2D eigenvalue weighted by Crippen LogP contribution is -2.41. The summed E-state index contributed by atoms with van der Waals surface area (Å²) in [5.41, 5.74) is 1.07. The van der Waals surface area contributed by atoms with Crippen molar-refractivity contribution in [2.75, 3.05) is 16.8 Å². The molecule has 2 aromatic heterocycles. The highest BCUT2D eigenvalue weighted by atomic mass is 32.1. The van der Waals surface area contributed by atoms with E-state index in [4.69, 9.17) is 4.74 Å². The molecule has 4 rings (SSSR count). The molecule has 0 unspecified atom stereocenters. The second kappa shape index (κ2) is 8.14. The third-order valence-electron chi connectivity index (χ3n) is 4.67. The van der Waals surface area contributed by atoms with Crippen LogP contribution in [0.1, 0.15) is 24.8 Å². The van der Waals surface area contributed by atoms with E-state index >= 15 is 0 Å². The zero-order valence-corrected chi connectivity index (χ0v) is 16.8. The molecule has 1 aliphatic heterocycles. The summed E-state index contributed by atoms with van der Waals surface area (Å²) in [6, 6.07) is 11.1. The standard InChI is InChI=1S/C20H21N5O3S/c1-12(16-10-22-18(29-16)14-6-4-3-5-7-14)23-19-21-9-8-17(24-19)25-15(13(2)26)11-28-20(25)27/h3-10,12-13,15,26H,11H2,1-2H3,(H,21,23,24)/t12-,13+,15+/m0/s1. The second-order valence-electron chi connectivity index (χ2n) is 6.79. The van der Waals surface area contributed by atoms with Crippen molar-refractivity contribution in [3.05, 3.63) is 53.7 Å². The van der Waals surface area contributed by atoms with Crippen LogP contribution in [0.15, 0.2) is 48.8 Å². The van der Waals surface area contributed by atoms with E-state index in [-0.39, 0.29) is 12.6 Å². The molecule has 29 heavy (non-hydrogen) atoms. The average molecular weight is 411 g/mol. The van der Waals surface area contributed by atoms with Crippen molar-refractivity contribution in [1.82, 2.24) is 15.0 Å². The van der Waals surface area contributed by atoms with Crippen molar-refractivity contribution < 1.29 is 14.6 Å². The molecule has 0 bridgehead atoms. The van der Waals surface area contributed by atoms with Gasteiger partial charge in [-0.25, -0.2) is 14.8 Å². The molecule has 3 atom stereocenters. The number of hydrogen-bond acceptors (Lipinski definition) is 8. The minimum Gasteiger partial charge on any atom is -0.447 e. The number of benzene rings is 1. The highest BCUT2D eigenvalue weighted by Crippen LogP contribution is 2.30. The van der Waals surface area contributed by atoms with Crippen LogP contribution in [0.5, 0.6) is 0 Å². The number of nitrogens with zero attached hydrogens (tertiary/aromatic N) is 4. The van der Waals surface area contributed by atoms with Crippen LogP contribution in [-0.2, 0) is 4.74 Å². The number of ether oxygens (including phenoxy) is 1. The summed E-state index contributed by atoms with van der Waals surface area (Å²) in [5.74, 6) is 0.770. The number of carbonyl (C=O) groups excluding carboxylic acids is 1. The fraction of sp³-hybridized carbons (Fsp3) is 0.300. The van der Waals surface area contributed by atoms with Gasteiger partial charge in [0.2, 0.25) is 5.95 Å². The summed E-state index contributed by atoms with van der Waals surface area (Å²) in [4.78, 5) is 27.7. The predicted molar refractivity (Wildman–Crippen MR) is 111 cm³/mol. The van der Waals surface area contributed by atoms with Crippen molar-refractivity contribution in [3.8, 4) is 10.6 Å². The summed E-state index contributed by atoms with van der Waals surface area (Å²) in [5, 5.41) is 14.1. The first-order valence-corrected chi connectivity index (χ1v) is 10.1. The van der Waals surface area contributed by atoms with E-state index in [0.717, 1.165) is 15.4 Å². The Labute approximate surface area is 172 Å². The zero-order valence-electron chi connectivity index (χ0n) is 16.0. The molecule has 1 fully saturated rings. The Balaban J connectivity index is 1.51. The first-order chi connectivity index (χ1) is 14.0. The predicted octanol–water partition coefficient (Wildman–Crippen LogP) is 3.48. The van der Waals surface area contributed by atoms with Crippen molar-refractivity contribution >= 4 is 29.2 Å². The highest BCUT2D eigenvalue weighted by molar-refractivity contribution is 7.15. The molecule has 1 saturated heterocycles. The number of rotatable bonds is 6. The van der Waals surface area contributed by atoms with Crippen molar-refractivity contribution in [2.24, 2.45) is 0 Å². The highest BCUT2D eigenvalue weighted by Gasteiger charge is 2.38. The fourth-order valence-electron chi connectivity index (χ4n) is 3.07. The summed E-state index contributed by atoms with van der Waals surface area (Å²) in [6.45, 7) is 3.75. The number of aliphatic hydroxyl groups excluding tert-OH is 1. The van der Waals surface area contributed by atoms with Crippen LogP contribution in [0.3, 0.4) is 0 Å². The summed E-state index contributed by atoms with van der Waals surface area (Å²) in [6.07, 6.45) is 2.16. The minimum atomic E-state index is -0.736. The van der Waals surface area contributed by atoms with Gasteiger partial charge in [0.25, 0.3) is 0 Å². The molecule has 0 aliphatic carbocycles. The molecule has 0 spiro atoms. The maximum atomic E-state index is 12.1. The smallest absolute Gasteiger partial charge is 0.416 e. The SMILES string of the molecule is C[C@H](Nc1nccc(N2C(=O)OC[C@@H]2[C@@H](C)O)n1)c1cnc(-c2ccccc2)s1. The summed E-state index contributed by atoms with van der Waals surface area (Å²) < 4.78 is 5.07. The van der Waals surface area contributed by atoms with E-state index in [1.165, 1.54) is 4.90 Å². The Hall–Kier alpha value is -3.04. The van der Waals surface area contributed by atoms with Gasteiger partial charge in [-0.05, 0) is 19.9 Å². The molecular formula is C20H21N5O3S. The van der Waals surface area contributed by atoms with Gasteiger partial charge in [0.1, 0.15) is 23.5 Å². The summed E-state index contributed by atoms with van der Waals surface area (Å²) in [7, 11) is 0. The van der Waals surface area contributed by atoms with Crippen LogP contribution in [0.25, 0.3) is 10.6 Å². The van der Waals surface area contributed by atoms with Gasteiger partial charge in [-0.3, -0.25) is 4.90 Å². The lowest BCUT2D eigenvalue weighted by atomic mass is 10.2. The van der Waals surface area contributed by atoms with Crippen molar-refractivity contribution in [3.63, 3.8) is 0 Å². The average Bonchev–Trinajstić information content (AvgIpc) is 3.36. The Kier molecular flexibility index (Phi) is 5.41. The Morgan fingerprint density at radius 3 is 2.79 bits per heavy atom. The third-order valence-corrected chi connectivity index (χ3v) is 5.90. The maximum Gasteiger partial charge on any atom is 0.416 e. The molecule has 3 heterocycles. The number of thiazole rings is 1. The lowest BCUT2D eigenvalue weighted by Gasteiger charge is -2.23. The van der Waals surface area contributed by atoms with Gasteiger partial charge in [0.15, 0.2) is 0 Å². The van der Waals surface area contributed by atoms with Crippen molar-refractivity contribution in [1.29, 1.82) is 0 Å². The van der Waals surface area contributed by atoms with Crippen LogP contribution in [0, 0.1) is 0 Å². The molecule has 3 aromatic rings. The zero-order chi connectivity index (χ0) is 20.4. The molecule has 8 nitrogen and oxygen atoms in total. The number of aromatic nitrogens is 3. The number of anilines is 2. The van der Waals surface area contributed by atoms with Gasteiger partial charge in [-0.1, -0.05) is 30.3 Å². The fourth-order valence-corrected chi connectivity index (χ4v) is 4.00. The summed E-state index contributed by atoms with van der Waals surface area (Å²) >= 11 is 1.60. The topological polar surface area (TPSA) is 100 Å². The molecule has 0 radical (unpaired) electrons. The quantitative estimate of drug-likeness (QED) is 0.640. The van der Waals surface area contributed by atoms with Gasteiger partial charge >= 0.3 is 6.09 Å². The van der Waals surface area contributed by atoms with E-state index in [1.807, 2.05) is 43.5 Å². The van der Waals surface area contributed by atoms with Crippen LogP contribution >= 0.6 is 11.3 Å². The largest absolute Gasteiger partial charge is 0.447 e. The normalized spacial score (nSPS) is 18.4. The minimum absolute atomic E-state index is 0.0710. The van der Waals surface area contributed by atoms with Gasteiger partial charge in [0.05, 0.1) is 12.1 Å². The Morgan fingerprint density at radius 2 is 2.03 bits per heavy atom. The molecule has 9 heteroatoms. The Morgan fingerprint density at radius 1 is 1.24 bits per heavy atom. The first kappa shape index (κ1) is 19.3. The molecule has 1 aliphatic rings. The lowest BCUT2D eigenvalue weighted by molar-refractivity contribution is 0.142. The number of carbonyl (C=O) groups is 1. The van der Waals surface area contributed by atoms with Crippen LogP contribution in [0.2, 0.25) is 0 Å². The van der Waals surface area contributed by atoms with Crippen LogP contribution in [-0.4, -0.2) is 44.9 Å². The number of cyclic esters (lactones) is 1. The molecule has 0 saturated carbocycles. The van der Waals surface area contributed by atoms with E-state index in [2.05, 4.69) is 20.3 Å². The molecule has 1 amide bonds. The molecular weight excluding hydrogens is 390 g/mol. The van der Waals surface area contributed by atoms with E-state index in [1.54, 1.807) is 30.5 Å². The van der Waals surface area contributed by atoms with E-state index < -0.39 is 18.2 Å². The maximum absolute atomic E-state index is 12.1. The van der Waals surface area contributed by atoms with Crippen LogP contribution in [0.4, 0.5) is 16.6 Å². The van der Waals surface area contributed by atoms with Crippen LogP contribution < -0.4 is 10.2 Å². The van der Waals surface area contributed by atoms with Gasteiger partial charge in [-0.15, -0.1) is 11.3 Å². The molecule has 150 valence electrons. The molecule has 2 N–H and O–H groups in total. The Bertz CT molecular complexity index is 995. The van der Waals surface area contributed by atoms with E-state index in [9.17, 15) is 9.90 Å².